The average molecular weight is 440 g/mol. The highest BCUT2D eigenvalue weighted by atomic mass is 16.5. The molecule has 1 aromatic carbocycles. The number of rotatable bonds is 9. The second kappa shape index (κ2) is 9.06. The number of ether oxygens (including phenoxy) is 3. The van der Waals surface area contributed by atoms with Crippen molar-refractivity contribution in [1.29, 1.82) is 0 Å². The smallest absolute Gasteiger partial charge is 0.246 e. The van der Waals surface area contributed by atoms with Gasteiger partial charge in [0.25, 0.3) is 0 Å². The Hall–Kier alpha value is -2.67. The molecule has 5 rings (SSSR count). The van der Waals surface area contributed by atoms with Crippen molar-refractivity contribution in [2.45, 2.75) is 39.0 Å². The third-order valence-corrected chi connectivity index (χ3v) is 6.73. The highest BCUT2D eigenvalue weighted by Crippen LogP contribution is 2.39. The van der Waals surface area contributed by atoms with Crippen LogP contribution in [0.1, 0.15) is 38.3 Å². The molecule has 3 aromatic rings. The Morgan fingerprint density at radius 3 is 2.47 bits per heavy atom. The number of nitrogens with zero attached hydrogens (tertiary/aromatic N) is 3. The maximum Gasteiger partial charge on any atom is 0.246 e. The zero-order valence-electron chi connectivity index (χ0n) is 19.3. The number of oxazole rings is 1. The van der Waals surface area contributed by atoms with Gasteiger partial charge in [-0.15, -0.1) is 0 Å². The van der Waals surface area contributed by atoms with Gasteiger partial charge in [-0.05, 0) is 56.1 Å². The van der Waals surface area contributed by atoms with Crippen molar-refractivity contribution >= 4 is 11.4 Å². The summed E-state index contributed by atoms with van der Waals surface area (Å²) in [6.07, 6.45) is 7.55. The van der Waals surface area contributed by atoms with Crippen LogP contribution in [0.2, 0.25) is 0 Å². The Morgan fingerprint density at radius 2 is 1.81 bits per heavy atom. The van der Waals surface area contributed by atoms with E-state index in [0.717, 1.165) is 91.3 Å². The number of aromatic nitrogens is 2. The maximum absolute atomic E-state index is 6.19. The SMILES string of the molecule is CCc1nn2c(-c3ccc(OC)cc3OC)coc2c1N(CC1CCOCC1)CC1CC1. The molecule has 2 aromatic heterocycles. The molecule has 0 amide bonds. The summed E-state index contributed by atoms with van der Waals surface area (Å²) in [6.45, 7) is 6.02. The van der Waals surface area contributed by atoms with Crippen LogP contribution in [-0.2, 0) is 11.2 Å². The molecule has 0 spiro atoms. The molecule has 1 aliphatic carbocycles. The molecule has 2 fully saturated rings. The molecule has 0 radical (unpaired) electrons. The minimum atomic E-state index is 0.651. The molecule has 0 bridgehead atoms. The molecule has 1 saturated heterocycles. The number of fused-ring (bicyclic) bond motifs is 1. The Morgan fingerprint density at radius 1 is 1.06 bits per heavy atom. The van der Waals surface area contributed by atoms with Crippen molar-refractivity contribution < 1.29 is 18.6 Å². The fourth-order valence-corrected chi connectivity index (χ4v) is 4.72. The number of hydrogen-bond acceptors (Lipinski definition) is 6. The summed E-state index contributed by atoms with van der Waals surface area (Å²) >= 11 is 0. The highest BCUT2D eigenvalue weighted by molar-refractivity contribution is 5.77. The number of aryl methyl sites for hydroxylation is 1. The van der Waals surface area contributed by atoms with Crippen LogP contribution in [0.25, 0.3) is 17.0 Å². The van der Waals surface area contributed by atoms with Crippen LogP contribution in [0, 0.1) is 11.8 Å². The third kappa shape index (κ3) is 4.06. The number of hydrogen-bond donors (Lipinski definition) is 0. The van der Waals surface area contributed by atoms with Crippen LogP contribution in [-0.4, -0.2) is 50.1 Å². The lowest BCUT2D eigenvalue weighted by Crippen LogP contribution is -2.34. The van der Waals surface area contributed by atoms with Crippen LogP contribution in [0.4, 0.5) is 5.69 Å². The average Bonchev–Trinajstić information content (AvgIpc) is 3.44. The van der Waals surface area contributed by atoms with Crippen molar-refractivity contribution in [3.63, 3.8) is 0 Å². The minimum Gasteiger partial charge on any atom is -0.497 e. The molecule has 7 heteroatoms. The molecular weight excluding hydrogens is 406 g/mol. The first kappa shape index (κ1) is 21.2. The molecule has 32 heavy (non-hydrogen) atoms. The van der Waals surface area contributed by atoms with Gasteiger partial charge in [0.2, 0.25) is 5.71 Å². The lowest BCUT2D eigenvalue weighted by Gasteiger charge is -2.31. The van der Waals surface area contributed by atoms with Crippen molar-refractivity contribution in [2.75, 3.05) is 45.4 Å². The Kier molecular flexibility index (Phi) is 6.00. The third-order valence-electron chi connectivity index (χ3n) is 6.73. The lowest BCUT2D eigenvalue weighted by atomic mass is 9.99. The van der Waals surface area contributed by atoms with Gasteiger partial charge in [-0.1, -0.05) is 6.92 Å². The van der Waals surface area contributed by atoms with Gasteiger partial charge in [-0.25, -0.2) is 0 Å². The zero-order valence-corrected chi connectivity index (χ0v) is 19.3. The summed E-state index contributed by atoms with van der Waals surface area (Å²) in [5, 5.41) is 5.00. The lowest BCUT2D eigenvalue weighted by molar-refractivity contribution is 0.0681. The summed E-state index contributed by atoms with van der Waals surface area (Å²) in [6, 6.07) is 5.83. The van der Waals surface area contributed by atoms with E-state index < -0.39 is 0 Å². The van der Waals surface area contributed by atoms with E-state index in [-0.39, 0.29) is 0 Å². The van der Waals surface area contributed by atoms with Gasteiger partial charge in [0.05, 0.1) is 19.9 Å². The van der Waals surface area contributed by atoms with Gasteiger partial charge < -0.3 is 23.5 Å². The first-order valence-electron chi connectivity index (χ1n) is 11.8. The summed E-state index contributed by atoms with van der Waals surface area (Å²) in [4.78, 5) is 2.55. The van der Waals surface area contributed by atoms with Crippen LogP contribution < -0.4 is 14.4 Å². The van der Waals surface area contributed by atoms with Crippen molar-refractivity contribution in [1.82, 2.24) is 9.61 Å². The normalized spacial score (nSPS) is 17.1. The topological polar surface area (TPSA) is 61.4 Å². The largest absolute Gasteiger partial charge is 0.497 e. The van der Waals surface area contributed by atoms with Crippen LogP contribution in [0.3, 0.4) is 0 Å². The maximum atomic E-state index is 6.19. The fourth-order valence-electron chi connectivity index (χ4n) is 4.72. The van der Waals surface area contributed by atoms with E-state index >= 15 is 0 Å². The van der Waals surface area contributed by atoms with E-state index in [9.17, 15) is 0 Å². The number of methoxy groups -OCH3 is 2. The molecule has 0 N–H and O–H groups in total. The van der Waals surface area contributed by atoms with Crippen LogP contribution in [0.15, 0.2) is 28.9 Å². The summed E-state index contributed by atoms with van der Waals surface area (Å²) in [7, 11) is 3.33. The van der Waals surface area contributed by atoms with Gasteiger partial charge >= 0.3 is 0 Å². The molecule has 1 saturated carbocycles. The van der Waals surface area contributed by atoms with Crippen LogP contribution >= 0.6 is 0 Å². The van der Waals surface area contributed by atoms with Crippen LogP contribution in [0.5, 0.6) is 11.5 Å². The van der Waals surface area contributed by atoms with Crippen molar-refractivity contribution in [2.24, 2.45) is 11.8 Å². The fraction of sp³-hybridized carbons (Fsp3) is 0.560. The highest BCUT2D eigenvalue weighted by Gasteiger charge is 2.31. The molecule has 7 nitrogen and oxygen atoms in total. The molecule has 3 heterocycles. The van der Waals surface area contributed by atoms with Gasteiger partial charge in [-0.2, -0.15) is 9.61 Å². The molecular formula is C25H33N3O4. The second-order valence-corrected chi connectivity index (χ2v) is 8.96. The quantitative estimate of drug-likeness (QED) is 0.477. The summed E-state index contributed by atoms with van der Waals surface area (Å²) in [5.74, 6) is 2.93. The zero-order chi connectivity index (χ0) is 22.1. The predicted molar refractivity (Wildman–Crippen MR) is 124 cm³/mol. The van der Waals surface area contributed by atoms with E-state index in [1.165, 1.54) is 12.8 Å². The van der Waals surface area contributed by atoms with E-state index in [4.69, 9.17) is 23.7 Å². The first-order valence-corrected chi connectivity index (χ1v) is 11.8. The standard InChI is InChI=1S/C25H33N3O4/c1-4-21-24(27(14-17-5-6-17)15-18-9-11-31-12-10-18)25-28(26-21)22(16-32-25)20-8-7-19(29-2)13-23(20)30-3/h7-8,13,16-18H,4-6,9-12,14-15H2,1-3H3. The first-order chi connectivity index (χ1) is 15.7. The Balaban J connectivity index is 1.55. The molecule has 0 unspecified atom stereocenters. The van der Waals surface area contributed by atoms with Crippen molar-refractivity contribution in [3.05, 3.63) is 30.2 Å². The predicted octanol–water partition coefficient (Wildman–Crippen LogP) is 4.82. The van der Waals surface area contributed by atoms with Gasteiger partial charge in [0.1, 0.15) is 29.1 Å². The Bertz CT molecular complexity index is 1060. The summed E-state index contributed by atoms with van der Waals surface area (Å²) < 4.78 is 24.7. The van der Waals surface area contributed by atoms with E-state index in [2.05, 4.69) is 11.8 Å². The molecule has 0 atom stereocenters. The van der Waals surface area contributed by atoms with Gasteiger partial charge in [0.15, 0.2) is 0 Å². The molecule has 2 aliphatic rings. The molecule has 172 valence electrons. The monoisotopic (exact) mass is 439 g/mol. The van der Waals surface area contributed by atoms with Gasteiger partial charge in [0, 0.05) is 37.9 Å². The minimum absolute atomic E-state index is 0.651. The Labute approximate surface area is 189 Å². The van der Waals surface area contributed by atoms with Crippen molar-refractivity contribution in [3.8, 4) is 22.8 Å². The summed E-state index contributed by atoms with van der Waals surface area (Å²) in [5.41, 5.74) is 4.89. The van der Waals surface area contributed by atoms with E-state index in [1.807, 2.05) is 22.7 Å². The second-order valence-electron chi connectivity index (χ2n) is 8.96. The number of benzene rings is 1. The number of anilines is 1. The van der Waals surface area contributed by atoms with E-state index in [1.54, 1.807) is 20.5 Å². The van der Waals surface area contributed by atoms with Gasteiger partial charge in [-0.3, -0.25) is 0 Å². The molecule has 1 aliphatic heterocycles. The van der Waals surface area contributed by atoms with E-state index in [0.29, 0.717) is 5.92 Å².